The van der Waals surface area contributed by atoms with Crippen LogP contribution in [0.1, 0.15) is 30.9 Å². The molecule has 162 valence electrons. The summed E-state index contributed by atoms with van der Waals surface area (Å²) >= 11 is 0. The average Bonchev–Trinajstić information content (AvgIpc) is 3.29. The first-order valence-electron chi connectivity index (χ1n) is 11.1. The summed E-state index contributed by atoms with van der Waals surface area (Å²) in [5, 5.41) is 23.6. The minimum Gasteiger partial charge on any atom is -0.395 e. The molecule has 0 spiro atoms. The molecule has 0 aromatic heterocycles. The van der Waals surface area contributed by atoms with Crippen LogP contribution in [-0.2, 0) is 6.42 Å². The summed E-state index contributed by atoms with van der Waals surface area (Å²) in [7, 11) is 2.03. The molecule has 0 unspecified atom stereocenters. The fraction of sp³-hybridized carbons (Fsp3) is 0.370. The highest BCUT2D eigenvalue weighted by Crippen LogP contribution is 2.25. The Bertz CT molecular complexity index is 1000. The van der Waals surface area contributed by atoms with E-state index in [4.69, 9.17) is 10.4 Å². The van der Waals surface area contributed by atoms with E-state index in [0.29, 0.717) is 12.1 Å². The van der Waals surface area contributed by atoms with E-state index in [1.165, 1.54) is 35.7 Å². The van der Waals surface area contributed by atoms with E-state index in [0.717, 1.165) is 30.1 Å². The summed E-state index contributed by atoms with van der Waals surface area (Å²) in [4.78, 5) is 2.14. The monoisotopic (exact) mass is 415 g/mol. The maximum Gasteiger partial charge on any atom is 0.0991 e. The summed E-state index contributed by atoms with van der Waals surface area (Å²) in [6.07, 6.45) is 3.73. The quantitative estimate of drug-likeness (QED) is 0.618. The van der Waals surface area contributed by atoms with Gasteiger partial charge in [-0.25, -0.2) is 0 Å². The zero-order valence-corrected chi connectivity index (χ0v) is 18.6. The van der Waals surface area contributed by atoms with Crippen LogP contribution in [0.25, 0.3) is 21.9 Å². The van der Waals surface area contributed by atoms with Gasteiger partial charge in [-0.05, 0) is 85.4 Å². The van der Waals surface area contributed by atoms with Gasteiger partial charge < -0.3 is 15.3 Å². The SMILES string of the molecule is CN(CCO)CCc1ccc2cc(-c3ccc(C#N)cc3)ccc2c1.C[C@@H]1CCCN1. The number of fused-ring (bicyclic) bond motifs is 1. The molecule has 31 heavy (non-hydrogen) atoms. The highest BCUT2D eigenvalue weighted by atomic mass is 16.3. The molecule has 1 aliphatic rings. The van der Waals surface area contributed by atoms with E-state index in [9.17, 15) is 0 Å². The molecule has 1 fully saturated rings. The number of aliphatic hydroxyl groups excluding tert-OH is 1. The largest absolute Gasteiger partial charge is 0.395 e. The number of likely N-dealkylation sites (N-methyl/N-ethyl adjacent to an activating group) is 1. The number of nitriles is 1. The normalized spacial score (nSPS) is 15.5. The molecule has 2 N–H and O–H groups in total. The van der Waals surface area contributed by atoms with Gasteiger partial charge in [0, 0.05) is 19.1 Å². The Morgan fingerprint density at radius 3 is 2.32 bits per heavy atom. The molecule has 1 saturated heterocycles. The molecule has 0 aliphatic carbocycles. The third kappa shape index (κ3) is 6.90. The molecular formula is C27H33N3O. The van der Waals surface area contributed by atoms with E-state index in [2.05, 4.69) is 59.6 Å². The average molecular weight is 416 g/mol. The number of benzene rings is 3. The fourth-order valence-electron chi connectivity index (χ4n) is 3.83. The summed E-state index contributed by atoms with van der Waals surface area (Å²) in [6.45, 7) is 5.32. The van der Waals surface area contributed by atoms with Crippen molar-refractivity contribution >= 4 is 10.8 Å². The standard InChI is InChI=1S/C22H22N2O.C5H11N/c1-24(12-13-25)11-10-17-2-7-22-15-21(9-8-20(22)14-17)19-5-3-18(16-23)4-6-19;1-5-3-2-4-6-5/h2-9,14-15,25H,10-13H2,1H3;5-6H,2-4H2,1H3/t;5-/m.1/s1. The molecule has 3 aromatic carbocycles. The van der Waals surface area contributed by atoms with Crippen molar-refractivity contribution in [3.8, 4) is 17.2 Å². The van der Waals surface area contributed by atoms with Crippen LogP contribution in [-0.4, -0.2) is 49.3 Å². The van der Waals surface area contributed by atoms with Crippen molar-refractivity contribution in [3.05, 3.63) is 71.8 Å². The van der Waals surface area contributed by atoms with Gasteiger partial charge in [0.15, 0.2) is 0 Å². The topological polar surface area (TPSA) is 59.3 Å². The molecule has 1 heterocycles. The van der Waals surface area contributed by atoms with Gasteiger partial charge in [-0.3, -0.25) is 0 Å². The second kappa shape index (κ2) is 11.6. The number of hydrogen-bond acceptors (Lipinski definition) is 4. The smallest absolute Gasteiger partial charge is 0.0991 e. The van der Waals surface area contributed by atoms with Crippen LogP contribution in [0.5, 0.6) is 0 Å². The number of nitrogens with one attached hydrogen (secondary N) is 1. The van der Waals surface area contributed by atoms with E-state index in [-0.39, 0.29) is 6.61 Å². The van der Waals surface area contributed by atoms with E-state index in [1.807, 2.05) is 31.3 Å². The van der Waals surface area contributed by atoms with Crippen LogP contribution in [0.4, 0.5) is 0 Å². The van der Waals surface area contributed by atoms with E-state index in [1.54, 1.807) is 0 Å². The van der Waals surface area contributed by atoms with Crippen LogP contribution in [0.3, 0.4) is 0 Å². The minimum atomic E-state index is 0.201. The van der Waals surface area contributed by atoms with Crippen molar-refractivity contribution < 1.29 is 5.11 Å². The Kier molecular flexibility index (Phi) is 8.61. The summed E-state index contributed by atoms with van der Waals surface area (Å²) in [5.74, 6) is 0. The Morgan fingerprint density at radius 1 is 1.00 bits per heavy atom. The van der Waals surface area contributed by atoms with E-state index >= 15 is 0 Å². The van der Waals surface area contributed by atoms with Crippen LogP contribution >= 0.6 is 0 Å². The summed E-state index contributed by atoms with van der Waals surface area (Å²) < 4.78 is 0. The lowest BCUT2D eigenvalue weighted by molar-refractivity contribution is 0.223. The Morgan fingerprint density at radius 2 is 1.71 bits per heavy atom. The van der Waals surface area contributed by atoms with Gasteiger partial charge in [0.1, 0.15) is 0 Å². The zero-order chi connectivity index (χ0) is 22.1. The molecule has 4 heteroatoms. The maximum absolute atomic E-state index is 8.97. The Balaban J connectivity index is 0.000000391. The fourth-order valence-corrected chi connectivity index (χ4v) is 3.83. The zero-order valence-electron chi connectivity index (χ0n) is 18.6. The molecule has 1 atom stereocenters. The van der Waals surface area contributed by atoms with Crippen LogP contribution in [0.2, 0.25) is 0 Å². The predicted octanol–water partition coefficient (Wildman–Crippen LogP) is 4.60. The third-order valence-electron chi connectivity index (χ3n) is 5.82. The first kappa shape index (κ1) is 23.0. The highest BCUT2D eigenvalue weighted by Gasteiger charge is 2.05. The van der Waals surface area contributed by atoms with Crippen molar-refractivity contribution in [1.29, 1.82) is 5.26 Å². The number of aliphatic hydroxyl groups is 1. The molecule has 0 bridgehead atoms. The van der Waals surface area contributed by atoms with Crippen molar-refractivity contribution in [3.63, 3.8) is 0 Å². The highest BCUT2D eigenvalue weighted by molar-refractivity contribution is 5.87. The number of hydrogen-bond donors (Lipinski definition) is 2. The van der Waals surface area contributed by atoms with Gasteiger partial charge in [-0.2, -0.15) is 5.26 Å². The lowest BCUT2D eigenvalue weighted by Crippen LogP contribution is -2.24. The maximum atomic E-state index is 8.97. The van der Waals surface area contributed by atoms with Gasteiger partial charge >= 0.3 is 0 Å². The second-order valence-corrected chi connectivity index (χ2v) is 8.36. The number of rotatable bonds is 6. The van der Waals surface area contributed by atoms with Crippen LogP contribution in [0.15, 0.2) is 60.7 Å². The van der Waals surface area contributed by atoms with E-state index < -0.39 is 0 Å². The molecule has 1 aliphatic heterocycles. The molecule has 3 aromatic rings. The molecule has 0 amide bonds. The molecule has 4 nitrogen and oxygen atoms in total. The second-order valence-electron chi connectivity index (χ2n) is 8.36. The third-order valence-corrected chi connectivity index (χ3v) is 5.82. The van der Waals surface area contributed by atoms with Gasteiger partial charge in [0.25, 0.3) is 0 Å². The van der Waals surface area contributed by atoms with Crippen molar-refractivity contribution in [2.24, 2.45) is 0 Å². The lowest BCUT2D eigenvalue weighted by atomic mass is 9.98. The van der Waals surface area contributed by atoms with Crippen molar-refractivity contribution in [2.45, 2.75) is 32.2 Å². The summed E-state index contributed by atoms with van der Waals surface area (Å²) in [5.41, 5.74) is 4.27. The van der Waals surface area contributed by atoms with Crippen LogP contribution in [0, 0.1) is 11.3 Å². The van der Waals surface area contributed by atoms with Gasteiger partial charge in [-0.15, -0.1) is 0 Å². The first-order valence-corrected chi connectivity index (χ1v) is 11.1. The van der Waals surface area contributed by atoms with Gasteiger partial charge in [0.2, 0.25) is 0 Å². The minimum absolute atomic E-state index is 0.201. The molecule has 0 radical (unpaired) electrons. The number of nitrogens with zero attached hydrogens (tertiary/aromatic N) is 2. The molecule has 0 saturated carbocycles. The predicted molar refractivity (Wildman–Crippen MR) is 129 cm³/mol. The first-order chi connectivity index (χ1) is 15.1. The lowest BCUT2D eigenvalue weighted by Gasteiger charge is -2.15. The molecular weight excluding hydrogens is 382 g/mol. The van der Waals surface area contributed by atoms with Gasteiger partial charge in [0.05, 0.1) is 18.2 Å². The molecule has 4 rings (SSSR count). The van der Waals surface area contributed by atoms with Crippen LogP contribution < -0.4 is 5.32 Å². The Labute approximate surface area is 186 Å². The summed E-state index contributed by atoms with van der Waals surface area (Å²) in [6, 6.07) is 23.7. The van der Waals surface area contributed by atoms with Gasteiger partial charge in [-0.1, -0.05) is 42.5 Å². The van der Waals surface area contributed by atoms with Crippen molar-refractivity contribution in [2.75, 3.05) is 33.3 Å². The Hall–Kier alpha value is -2.71. The van der Waals surface area contributed by atoms with Crippen molar-refractivity contribution in [1.82, 2.24) is 10.2 Å².